The van der Waals surface area contributed by atoms with E-state index in [0.717, 1.165) is 23.8 Å². The minimum atomic E-state index is -0.522. The van der Waals surface area contributed by atoms with E-state index in [1.165, 1.54) is 31.9 Å². The van der Waals surface area contributed by atoms with Crippen LogP contribution < -0.4 is 16.1 Å². The molecule has 3 fully saturated rings. The number of H-pyrrole nitrogens is 2. The van der Waals surface area contributed by atoms with Gasteiger partial charge in [-0.3, -0.25) is 9.78 Å². The Kier molecular flexibility index (Phi) is 3.06. The molecule has 0 radical (unpaired) electrons. The van der Waals surface area contributed by atoms with Crippen molar-refractivity contribution in [2.75, 3.05) is 11.4 Å². The standard InChI is InChI=1S/C17H18N6O2/c24-16-12(8-19-17(25)20-16)13-7-14(15-18-5-6-23(15)21-13)22-9-10-1-3-11(22)4-2-10/h5-8,10-11H,1-4,9H2,(H2,19,20,24,25). The number of hydrogen-bond acceptors (Lipinski definition) is 5. The first kappa shape index (κ1) is 14.4. The largest absolute Gasteiger partial charge is 0.365 e. The van der Waals surface area contributed by atoms with Gasteiger partial charge in [0.05, 0.1) is 11.3 Å². The van der Waals surface area contributed by atoms with Crippen LogP contribution in [0.5, 0.6) is 0 Å². The van der Waals surface area contributed by atoms with Gasteiger partial charge in [0.15, 0.2) is 5.65 Å². The quantitative estimate of drug-likeness (QED) is 0.730. The summed E-state index contributed by atoms with van der Waals surface area (Å²) in [5, 5.41) is 4.50. The molecule has 0 atom stereocenters. The third-order valence-electron chi connectivity index (χ3n) is 5.46. The summed E-state index contributed by atoms with van der Waals surface area (Å²) >= 11 is 0. The van der Waals surface area contributed by atoms with Crippen LogP contribution in [0, 0.1) is 5.92 Å². The molecule has 0 unspecified atom stereocenters. The lowest BCUT2D eigenvalue weighted by Gasteiger charge is -2.46. The maximum Gasteiger partial charge on any atom is 0.325 e. The van der Waals surface area contributed by atoms with Gasteiger partial charge in [-0.1, -0.05) is 0 Å². The third-order valence-corrected chi connectivity index (χ3v) is 5.46. The van der Waals surface area contributed by atoms with Crippen molar-refractivity contribution in [2.45, 2.75) is 31.7 Å². The van der Waals surface area contributed by atoms with Gasteiger partial charge in [-0.2, -0.15) is 5.10 Å². The number of imidazole rings is 1. The zero-order valence-corrected chi connectivity index (χ0v) is 13.6. The molecule has 1 aliphatic carbocycles. The van der Waals surface area contributed by atoms with Crippen LogP contribution in [-0.4, -0.2) is 37.2 Å². The molecule has 3 aromatic heterocycles. The zero-order valence-electron chi connectivity index (χ0n) is 13.6. The first-order valence-electron chi connectivity index (χ1n) is 8.62. The van der Waals surface area contributed by atoms with Crippen molar-refractivity contribution in [3.05, 3.63) is 45.5 Å². The molecule has 8 heteroatoms. The summed E-state index contributed by atoms with van der Waals surface area (Å²) in [5.41, 5.74) is 1.72. The highest BCUT2D eigenvalue weighted by atomic mass is 16.2. The molecule has 3 aliphatic rings. The number of rotatable bonds is 2. The lowest BCUT2D eigenvalue weighted by atomic mass is 9.80. The second-order valence-electron chi connectivity index (χ2n) is 6.92. The summed E-state index contributed by atoms with van der Waals surface area (Å²) < 4.78 is 1.71. The molecule has 0 spiro atoms. The second kappa shape index (κ2) is 5.30. The SMILES string of the molecule is O=c1[nH]cc(-c2cc(N3CC4CCC3CC4)c3nccn3n2)c(=O)[nH]1. The highest BCUT2D eigenvalue weighted by Gasteiger charge is 2.35. The Morgan fingerprint density at radius 3 is 2.72 bits per heavy atom. The molecule has 8 nitrogen and oxygen atoms in total. The van der Waals surface area contributed by atoms with Crippen molar-refractivity contribution >= 4 is 11.3 Å². The normalized spacial score (nSPS) is 22.6. The van der Waals surface area contributed by atoms with Crippen LogP contribution in [0.15, 0.2) is 34.2 Å². The van der Waals surface area contributed by atoms with E-state index in [0.29, 0.717) is 17.3 Å². The Balaban J connectivity index is 1.69. The maximum absolute atomic E-state index is 12.2. The molecular weight excluding hydrogens is 320 g/mol. The van der Waals surface area contributed by atoms with E-state index in [9.17, 15) is 9.59 Å². The highest BCUT2D eigenvalue weighted by molar-refractivity contribution is 5.74. The Hall–Kier alpha value is -2.90. The molecule has 2 saturated heterocycles. The van der Waals surface area contributed by atoms with E-state index >= 15 is 0 Å². The fourth-order valence-electron chi connectivity index (χ4n) is 4.20. The molecule has 5 heterocycles. The highest BCUT2D eigenvalue weighted by Crippen LogP contribution is 2.39. The molecule has 6 rings (SSSR count). The van der Waals surface area contributed by atoms with E-state index in [-0.39, 0.29) is 0 Å². The summed E-state index contributed by atoms with van der Waals surface area (Å²) in [4.78, 5) is 35.1. The first-order chi connectivity index (χ1) is 12.2. The van der Waals surface area contributed by atoms with E-state index in [1.54, 1.807) is 16.9 Å². The Morgan fingerprint density at radius 1 is 1.16 bits per heavy atom. The Labute approximate surface area is 142 Å². The van der Waals surface area contributed by atoms with Crippen molar-refractivity contribution in [3.8, 4) is 11.3 Å². The number of piperidine rings is 2. The number of nitrogens with one attached hydrogen (secondary N) is 2. The molecule has 128 valence electrons. The monoisotopic (exact) mass is 338 g/mol. The summed E-state index contributed by atoms with van der Waals surface area (Å²) in [5.74, 6) is 0.730. The predicted octanol–water partition coefficient (Wildman–Crippen LogP) is 1.15. The van der Waals surface area contributed by atoms with E-state index in [4.69, 9.17) is 0 Å². The number of hydrogen-bond donors (Lipinski definition) is 2. The minimum absolute atomic E-state index is 0.346. The summed E-state index contributed by atoms with van der Waals surface area (Å²) in [7, 11) is 0. The van der Waals surface area contributed by atoms with Crippen molar-refractivity contribution < 1.29 is 0 Å². The summed E-state index contributed by atoms with van der Waals surface area (Å²) in [6, 6.07) is 2.45. The van der Waals surface area contributed by atoms with Crippen LogP contribution in [0.2, 0.25) is 0 Å². The van der Waals surface area contributed by atoms with Crippen LogP contribution >= 0.6 is 0 Å². The molecule has 0 aromatic carbocycles. The zero-order chi connectivity index (χ0) is 17.0. The number of anilines is 1. The lowest BCUT2D eigenvalue weighted by molar-refractivity contribution is 0.252. The molecule has 25 heavy (non-hydrogen) atoms. The van der Waals surface area contributed by atoms with Gasteiger partial charge in [-0.15, -0.1) is 0 Å². The molecule has 3 aromatic rings. The smallest absolute Gasteiger partial charge is 0.325 e. The van der Waals surface area contributed by atoms with Gasteiger partial charge in [0.2, 0.25) is 0 Å². The van der Waals surface area contributed by atoms with Crippen molar-refractivity contribution in [1.82, 2.24) is 24.6 Å². The second-order valence-corrected chi connectivity index (χ2v) is 6.92. The van der Waals surface area contributed by atoms with Crippen LogP contribution in [0.3, 0.4) is 0 Å². The summed E-state index contributed by atoms with van der Waals surface area (Å²) in [6.07, 6.45) is 9.91. The number of aromatic nitrogens is 5. The molecule has 1 saturated carbocycles. The fourth-order valence-corrected chi connectivity index (χ4v) is 4.20. The average molecular weight is 338 g/mol. The lowest BCUT2D eigenvalue weighted by Crippen LogP contribution is -2.48. The van der Waals surface area contributed by atoms with Crippen molar-refractivity contribution in [1.29, 1.82) is 0 Å². The first-order valence-corrected chi connectivity index (χ1v) is 8.62. The predicted molar refractivity (Wildman–Crippen MR) is 92.8 cm³/mol. The van der Waals surface area contributed by atoms with Gasteiger partial charge in [-0.05, 0) is 37.7 Å². The third kappa shape index (κ3) is 2.28. The van der Waals surface area contributed by atoms with Crippen molar-refractivity contribution in [3.63, 3.8) is 0 Å². The number of nitrogens with zero attached hydrogens (tertiary/aromatic N) is 4. The van der Waals surface area contributed by atoms with E-state index < -0.39 is 11.2 Å². The number of fused-ring (bicyclic) bond motifs is 4. The van der Waals surface area contributed by atoms with Gasteiger partial charge in [0.25, 0.3) is 5.56 Å². The van der Waals surface area contributed by atoms with Gasteiger partial charge in [-0.25, -0.2) is 14.3 Å². The van der Waals surface area contributed by atoms with Gasteiger partial charge >= 0.3 is 5.69 Å². The van der Waals surface area contributed by atoms with E-state index in [1.807, 2.05) is 6.07 Å². The topological polar surface area (TPSA) is 99.2 Å². The van der Waals surface area contributed by atoms with Crippen LogP contribution in [0.25, 0.3) is 16.9 Å². The molecule has 2 bridgehead atoms. The van der Waals surface area contributed by atoms with E-state index in [2.05, 4.69) is 25.0 Å². The average Bonchev–Trinajstić information content (AvgIpc) is 3.10. The Bertz CT molecular complexity index is 1060. The molecule has 0 amide bonds. The molecule has 2 aliphatic heterocycles. The summed E-state index contributed by atoms with van der Waals surface area (Å²) in [6.45, 7) is 1.03. The van der Waals surface area contributed by atoms with Gasteiger partial charge < -0.3 is 9.88 Å². The Morgan fingerprint density at radius 2 is 2.00 bits per heavy atom. The number of aromatic amines is 2. The van der Waals surface area contributed by atoms with Crippen LogP contribution in [-0.2, 0) is 0 Å². The molecular formula is C17H18N6O2. The molecule has 2 N–H and O–H groups in total. The minimum Gasteiger partial charge on any atom is -0.365 e. The fraction of sp³-hybridized carbons (Fsp3) is 0.412. The van der Waals surface area contributed by atoms with Crippen LogP contribution in [0.4, 0.5) is 5.69 Å². The van der Waals surface area contributed by atoms with Gasteiger partial charge in [0, 0.05) is 31.2 Å². The van der Waals surface area contributed by atoms with Gasteiger partial charge in [0.1, 0.15) is 5.69 Å². The maximum atomic E-state index is 12.2. The van der Waals surface area contributed by atoms with Crippen molar-refractivity contribution in [2.24, 2.45) is 5.92 Å². The van der Waals surface area contributed by atoms with Crippen LogP contribution in [0.1, 0.15) is 25.7 Å².